The van der Waals surface area contributed by atoms with Gasteiger partial charge in [-0.3, -0.25) is 4.79 Å². The van der Waals surface area contributed by atoms with Crippen LogP contribution < -0.4 is 5.73 Å². The molecule has 2 aliphatic rings. The van der Waals surface area contributed by atoms with Crippen LogP contribution in [0.1, 0.15) is 50.3 Å². The van der Waals surface area contributed by atoms with Crippen molar-refractivity contribution in [3.63, 3.8) is 0 Å². The van der Waals surface area contributed by atoms with Crippen molar-refractivity contribution in [2.45, 2.75) is 44.6 Å². The number of piperidine rings is 1. The van der Waals surface area contributed by atoms with E-state index in [1.807, 2.05) is 29.2 Å². The van der Waals surface area contributed by atoms with Crippen molar-refractivity contribution in [3.05, 3.63) is 41.2 Å². The van der Waals surface area contributed by atoms with E-state index in [1.165, 1.54) is 0 Å². The van der Waals surface area contributed by atoms with E-state index in [1.54, 1.807) is 6.20 Å². The van der Waals surface area contributed by atoms with Gasteiger partial charge in [0, 0.05) is 29.2 Å². The summed E-state index contributed by atoms with van der Waals surface area (Å²) in [6.45, 7) is 0.796. The van der Waals surface area contributed by atoms with Crippen LogP contribution in [0.2, 0.25) is 5.02 Å². The summed E-state index contributed by atoms with van der Waals surface area (Å²) in [6, 6.07) is 7.60. The predicted molar refractivity (Wildman–Crippen MR) is 103 cm³/mol. The monoisotopic (exact) mass is 370 g/mol. The maximum Gasteiger partial charge on any atom is 0.226 e. The highest BCUT2D eigenvalue weighted by Crippen LogP contribution is 2.39. The van der Waals surface area contributed by atoms with Gasteiger partial charge in [0.15, 0.2) is 0 Å². The van der Waals surface area contributed by atoms with E-state index in [9.17, 15) is 4.79 Å². The third kappa shape index (κ3) is 3.28. The van der Waals surface area contributed by atoms with Crippen molar-refractivity contribution >= 4 is 23.5 Å². The highest BCUT2D eigenvalue weighted by atomic mass is 35.5. The number of halogens is 1. The largest absolute Gasteiger partial charge is 0.368 e. The summed E-state index contributed by atoms with van der Waals surface area (Å²) in [5.74, 6) is 0.716. The normalized spacial score (nSPS) is 20.7. The molecule has 1 aliphatic carbocycles. The summed E-state index contributed by atoms with van der Waals surface area (Å²) >= 11 is 6.03. The van der Waals surface area contributed by atoms with Crippen LogP contribution in [0.15, 0.2) is 30.5 Å². The molecule has 136 valence electrons. The number of anilines is 1. The van der Waals surface area contributed by atoms with Gasteiger partial charge in [-0.15, -0.1) is 0 Å². The number of nitrogens with two attached hydrogens (primary N) is 1. The van der Waals surface area contributed by atoms with Gasteiger partial charge in [0.05, 0.1) is 11.7 Å². The van der Waals surface area contributed by atoms with Crippen LogP contribution in [-0.2, 0) is 4.79 Å². The molecule has 6 heteroatoms. The van der Waals surface area contributed by atoms with Crippen molar-refractivity contribution < 1.29 is 4.79 Å². The fraction of sp³-hybridized carbons (Fsp3) is 0.450. The first-order chi connectivity index (χ1) is 12.6. The number of hydrogen-bond donors (Lipinski definition) is 1. The first-order valence-corrected chi connectivity index (χ1v) is 9.70. The van der Waals surface area contributed by atoms with E-state index in [4.69, 9.17) is 17.3 Å². The number of aromatic nitrogens is 2. The van der Waals surface area contributed by atoms with Crippen molar-refractivity contribution in [2.24, 2.45) is 5.92 Å². The number of nitrogens with zero attached hydrogens (tertiary/aromatic N) is 3. The molecule has 26 heavy (non-hydrogen) atoms. The molecule has 1 saturated carbocycles. The molecule has 0 spiro atoms. The lowest BCUT2D eigenvalue weighted by Crippen LogP contribution is -2.44. The second kappa shape index (κ2) is 7.23. The molecule has 1 unspecified atom stereocenters. The Hall–Kier alpha value is -2.14. The molecule has 2 heterocycles. The zero-order valence-corrected chi connectivity index (χ0v) is 15.5. The van der Waals surface area contributed by atoms with Gasteiger partial charge in [-0.05, 0) is 49.8 Å². The fourth-order valence-corrected chi connectivity index (χ4v) is 4.01. The van der Waals surface area contributed by atoms with Crippen LogP contribution >= 0.6 is 11.6 Å². The lowest BCUT2D eigenvalue weighted by Gasteiger charge is -2.40. The van der Waals surface area contributed by atoms with Crippen molar-refractivity contribution in [1.29, 1.82) is 0 Å². The number of carbonyl (C=O) groups excluding carboxylic acids is 1. The summed E-state index contributed by atoms with van der Waals surface area (Å²) in [5.41, 5.74) is 8.68. The van der Waals surface area contributed by atoms with E-state index < -0.39 is 0 Å². The predicted octanol–water partition coefficient (Wildman–Crippen LogP) is 4.23. The Labute approximate surface area is 158 Å². The molecule has 2 aromatic rings. The van der Waals surface area contributed by atoms with E-state index in [2.05, 4.69) is 9.97 Å². The first-order valence-electron chi connectivity index (χ1n) is 9.32. The van der Waals surface area contributed by atoms with Crippen LogP contribution in [0.5, 0.6) is 0 Å². The summed E-state index contributed by atoms with van der Waals surface area (Å²) in [6.07, 6.45) is 7.99. The molecule has 1 saturated heterocycles. The second-order valence-electron chi connectivity index (χ2n) is 7.21. The number of hydrogen-bond acceptors (Lipinski definition) is 4. The van der Waals surface area contributed by atoms with Gasteiger partial charge in [0.25, 0.3) is 0 Å². The minimum Gasteiger partial charge on any atom is -0.368 e. The highest BCUT2D eigenvalue weighted by molar-refractivity contribution is 6.30. The Morgan fingerprint density at radius 1 is 1.12 bits per heavy atom. The summed E-state index contributed by atoms with van der Waals surface area (Å²) in [5, 5.41) is 0.686. The molecule has 2 fully saturated rings. The van der Waals surface area contributed by atoms with Gasteiger partial charge in [-0.25, -0.2) is 9.97 Å². The fourth-order valence-electron chi connectivity index (χ4n) is 3.88. The first kappa shape index (κ1) is 17.3. The van der Waals surface area contributed by atoms with Crippen molar-refractivity contribution in [2.75, 3.05) is 12.3 Å². The van der Waals surface area contributed by atoms with Gasteiger partial charge in [0.2, 0.25) is 11.9 Å². The number of rotatable bonds is 3. The summed E-state index contributed by atoms with van der Waals surface area (Å²) in [7, 11) is 0. The van der Waals surface area contributed by atoms with Gasteiger partial charge in [-0.1, -0.05) is 30.2 Å². The van der Waals surface area contributed by atoms with Crippen molar-refractivity contribution in [3.8, 4) is 11.1 Å². The molecule has 0 radical (unpaired) electrons. The lowest BCUT2D eigenvalue weighted by molar-refractivity contribution is -0.142. The molecule has 1 atom stereocenters. The van der Waals surface area contributed by atoms with Gasteiger partial charge >= 0.3 is 0 Å². The Kier molecular flexibility index (Phi) is 4.81. The van der Waals surface area contributed by atoms with Gasteiger partial charge < -0.3 is 10.6 Å². The van der Waals surface area contributed by atoms with Crippen LogP contribution in [0, 0.1) is 5.92 Å². The Bertz CT molecular complexity index is 804. The lowest BCUT2D eigenvalue weighted by atomic mass is 9.83. The molecule has 1 amide bonds. The average molecular weight is 371 g/mol. The maximum atomic E-state index is 13.0. The standard InChI is InChI=1S/C20H23ClN4O/c21-15-9-7-13(8-10-15)16-12-23-20(22)24-18(16)17-6-1-2-11-25(17)19(26)14-4-3-5-14/h7-10,12,14,17H,1-6,11H2,(H2,22,23,24). The average Bonchev–Trinajstić information content (AvgIpc) is 2.61. The number of amides is 1. The quantitative estimate of drug-likeness (QED) is 0.877. The highest BCUT2D eigenvalue weighted by Gasteiger charge is 2.36. The number of carbonyl (C=O) groups is 1. The smallest absolute Gasteiger partial charge is 0.226 e. The van der Waals surface area contributed by atoms with E-state index in [0.29, 0.717) is 5.02 Å². The zero-order valence-electron chi connectivity index (χ0n) is 14.7. The molecule has 5 nitrogen and oxygen atoms in total. The van der Waals surface area contributed by atoms with E-state index in [0.717, 1.165) is 61.9 Å². The number of benzene rings is 1. The molecule has 4 rings (SSSR count). The molecule has 1 aliphatic heterocycles. The zero-order chi connectivity index (χ0) is 18.1. The van der Waals surface area contributed by atoms with E-state index >= 15 is 0 Å². The summed E-state index contributed by atoms with van der Waals surface area (Å²) < 4.78 is 0. The Balaban J connectivity index is 1.73. The second-order valence-corrected chi connectivity index (χ2v) is 7.64. The number of nitrogen functional groups attached to an aromatic ring is 1. The summed E-state index contributed by atoms with van der Waals surface area (Å²) in [4.78, 5) is 23.8. The Morgan fingerprint density at radius 3 is 2.58 bits per heavy atom. The minimum absolute atomic E-state index is 0.0344. The third-order valence-corrected chi connectivity index (χ3v) is 5.80. The van der Waals surface area contributed by atoms with Crippen LogP contribution in [-0.4, -0.2) is 27.3 Å². The minimum atomic E-state index is -0.0344. The molecule has 2 N–H and O–H groups in total. The van der Waals surface area contributed by atoms with Gasteiger partial charge in [-0.2, -0.15) is 0 Å². The molecular formula is C20H23ClN4O. The number of likely N-dealkylation sites (tertiary alicyclic amines) is 1. The SMILES string of the molecule is Nc1ncc(-c2ccc(Cl)cc2)c(C2CCCCN2C(=O)C2CCC2)n1. The van der Waals surface area contributed by atoms with Crippen molar-refractivity contribution in [1.82, 2.24) is 14.9 Å². The van der Waals surface area contributed by atoms with Gasteiger partial charge in [0.1, 0.15) is 0 Å². The molecule has 1 aromatic carbocycles. The van der Waals surface area contributed by atoms with Crippen LogP contribution in [0.25, 0.3) is 11.1 Å². The van der Waals surface area contributed by atoms with Crippen LogP contribution in [0.3, 0.4) is 0 Å². The van der Waals surface area contributed by atoms with E-state index in [-0.39, 0.29) is 23.8 Å². The molecule has 1 aromatic heterocycles. The third-order valence-electron chi connectivity index (χ3n) is 5.55. The molecular weight excluding hydrogens is 348 g/mol. The van der Waals surface area contributed by atoms with Crippen LogP contribution in [0.4, 0.5) is 5.95 Å². The Morgan fingerprint density at radius 2 is 1.88 bits per heavy atom. The maximum absolute atomic E-state index is 13.0. The topological polar surface area (TPSA) is 72.1 Å². The molecule has 0 bridgehead atoms.